The molecule has 3 nitrogen and oxygen atoms in total. The fraction of sp³-hybridized carbons (Fsp3) is 0. The molecular weight excluding hydrogens is 259 g/mol. The lowest BCUT2D eigenvalue weighted by molar-refractivity contribution is 0.0697. The zero-order valence-corrected chi connectivity index (χ0v) is 9.82. The van der Waals surface area contributed by atoms with Crippen LogP contribution in [-0.2, 0) is 0 Å². The molecule has 0 saturated heterocycles. The lowest BCUT2D eigenvalue weighted by Crippen LogP contribution is -1.96. The van der Waals surface area contributed by atoms with Crippen molar-refractivity contribution in [1.82, 2.24) is 0 Å². The number of ether oxygens (including phenoxy) is 1. The number of carboxylic acid groups (broad SMARTS) is 1. The summed E-state index contributed by atoms with van der Waals surface area (Å²) in [6, 6.07) is 9.56. The zero-order chi connectivity index (χ0) is 13.1. The summed E-state index contributed by atoms with van der Waals surface area (Å²) in [4.78, 5) is 10.7. The van der Waals surface area contributed by atoms with Crippen molar-refractivity contribution in [2.45, 2.75) is 0 Å². The molecule has 0 heterocycles. The van der Waals surface area contributed by atoms with Crippen molar-refractivity contribution >= 4 is 17.6 Å². The van der Waals surface area contributed by atoms with Gasteiger partial charge in [0.2, 0.25) is 0 Å². The van der Waals surface area contributed by atoms with Crippen molar-refractivity contribution in [3.05, 3.63) is 58.9 Å². The van der Waals surface area contributed by atoms with E-state index in [1.54, 1.807) is 0 Å². The van der Waals surface area contributed by atoms with Crippen molar-refractivity contribution in [1.29, 1.82) is 0 Å². The zero-order valence-electron chi connectivity index (χ0n) is 9.06. The molecule has 0 radical (unpaired) electrons. The van der Waals surface area contributed by atoms with E-state index in [4.69, 9.17) is 21.4 Å². The fourth-order valence-electron chi connectivity index (χ4n) is 1.35. The van der Waals surface area contributed by atoms with Crippen molar-refractivity contribution < 1.29 is 19.0 Å². The summed E-state index contributed by atoms with van der Waals surface area (Å²) in [6.07, 6.45) is 0. The van der Waals surface area contributed by atoms with Crippen LogP contribution in [0.1, 0.15) is 10.4 Å². The van der Waals surface area contributed by atoms with Gasteiger partial charge in [-0.25, -0.2) is 9.18 Å². The molecule has 0 saturated carbocycles. The molecular formula is C13H8ClFO3. The van der Waals surface area contributed by atoms with Crippen LogP contribution in [0.2, 0.25) is 5.02 Å². The largest absolute Gasteiger partial charge is 0.478 e. The maximum atomic E-state index is 12.7. The predicted octanol–water partition coefficient (Wildman–Crippen LogP) is 3.97. The summed E-state index contributed by atoms with van der Waals surface area (Å²) in [6.45, 7) is 0. The average molecular weight is 267 g/mol. The number of benzene rings is 2. The van der Waals surface area contributed by atoms with Crippen molar-refractivity contribution in [2.75, 3.05) is 0 Å². The van der Waals surface area contributed by atoms with E-state index in [9.17, 15) is 9.18 Å². The smallest absolute Gasteiger partial charge is 0.335 e. The van der Waals surface area contributed by atoms with E-state index in [0.29, 0.717) is 11.5 Å². The van der Waals surface area contributed by atoms with Crippen LogP contribution in [0.15, 0.2) is 42.5 Å². The van der Waals surface area contributed by atoms with Gasteiger partial charge in [-0.2, -0.15) is 0 Å². The van der Waals surface area contributed by atoms with Gasteiger partial charge in [-0.15, -0.1) is 0 Å². The lowest BCUT2D eigenvalue weighted by atomic mass is 10.2. The highest BCUT2D eigenvalue weighted by Crippen LogP contribution is 2.30. The first-order valence-corrected chi connectivity index (χ1v) is 5.40. The van der Waals surface area contributed by atoms with E-state index in [1.165, 1.54) is 42.5 Å². The monoisotopic (exact) mass is 266 g/mol. The van der Waals surface area contributed by atoms with Crippen LogP contribution in [0.5, 0.6) is 11.5 Å². The van der Waals surface area contributed by atoms with Crippen LogP contribution in [-0.4, -0.2) is 11.1 Å². The van der Waals surface area contributed by atoms with Gasteiger partial charge in [0.1, 0.15) is 17.3 Å². The molecule has 92 valence electrons. The third-order valence-corrected chi connectivity index (χ3v) is 2.52. The quantitative estimate of drug-likeness (QED) is 0.914. The minimum atomic E-state index is -1.06. The van der Waals surface area contributed by atoms with Gasteiger partial charge in [-0.05, 0) is 42.5 Å². The Hall–Kier alpha value is -2.07. The van der Waals surface area contributed by atoms with Gasteiger partial charge < -0.3 is 9.84 Å². The Bertz CT molecular complexity index is 581. The molecule has 0 aromatic heterocycles. The third kappa shape index (κ3) is 2.78. The van der Waals surface area contributed by atoms with Gasteiger partial charge in [-0.3, -0.25) is 0 Å². The van der Waals surface area contributed by atoms with Crippen LogP contribution in [0.3, 0.4) is 0 Å². The van der Waals surface area contributed by atoms with Crippen molar-refractivity contribution in [3.63, 3.8) is 0 Å². The molecule has 0 bridgehead atoms. The van der Waals surface area contributed by atoms with Crippen LogP contribution >= 0.6 is 11.6 Å². The molecule has 0 aliphatic rings. The predicted molar refractivity (Wildman–Crippen MR) is 64.9 cm³/mol. The number of halogens is 2. The molecule has 0 amide bonds. The SMILES string of the molecule is O=C(O)c1ccc(Oc2ccc(F)cc2)c(Cl)c1. The summed E-state index contributed by atoms with van der Waals surface area (Å²) in [7, 11) is 0. The minimum absolute atomic E-state index is 0.0754. The molecule has 2 aromatic carbocycles. The van der Waals surface area contributed by atoms with Gasteiger partial charge in [-0.1, -0.05) is 11.6 Å². The van der Waals surface area contributed by atoms with E-state index in [2.05, 4.69) is 0 Å². The summed E-state index contributed by atoms with van der Waals surface area (Å²) in [5.41, 5.74) is 0.0754. The van der Waals surface area contributed by atoms with Gasteiger partial charge >= 0.3 is 5.97 Å². The third-order valence-electron chi connectivity index (χ3n) is 2.22. The molecule has 1 N–H and O–H groups in total. The Balaban J connectivity index is 2.24. The maximum Gasteiger partial charge on any atom is 0.335 e. The molecule has 0 atom stereocenters. The van der Waals surface area contributed by atoms with E-state index >= 15 is 0 Å². The lowest BCUT2D eigenvalue weighted by Gasteiger charge is -2.07. The topological polar surface area (TPSA) is 46.5 Å². The molecule has 0 aliphatic carbocycles. The first-order valence-electron chi connectivity index (χ1n) is 5.02. The highest BCUT2D eigenvalue weighted by molar-refractivity contribution is 6.32. The fourth-order valence-corrected chi connectivity index (χ4v) is 1.57. The van der Waals surface area contributed by atoms with Crippen molar-refractivity contribution in [2.24, 2.45) is 0 Å². The second-order valence-electron chi connectivity index (χ2n) is 3.51. The number of rotatable bonds is 3. The first-order chi connectivity index (χ1) is 8.56. The van der Waals surface area contributed by atoms with Crippen LogP contribution in [0.4, 0.5) is 4.39 Å². The molecule has 0 unspecified atom stereocenters. The average Bonchev–Trinajstić information content (AvgIpc) is 2.34. The van der Waals surface area contributed by atoms with E-state index < -0.39 is 5.97 Å². The molecule has 0 spiro atoms. The van der Waals surface area contributed by atoms with E-state index in [1.807, 2.05) is 0 Å². The normalized spacial score (nSPS) is 10.1. The minimum Gasteiger partial charge on any atom is -0.478 e. The van der Waals surface area contributed by atoms with Gasteiger partial charge in [0.15, 0.2) is 0 Å². The number of carboxylic acids is 1. The maximum absolute atomic E-state index is 12.7. The van der Waals surface area contributed by atoms with Gasteiger partial charge in [0.05, 0.1) is 10.6 Å². The number of hydrogen-bond acceptors (Lipinski definition) is 2. The first kappa shape index (κ1) is 12.4. The van der Waals surface area contributed by atoms with Crippen LogP contribution in [0.25, 0.3) is 0 Å². The van der Waals surface area contributed by atoms with Crippen LogP contribution in [0, 0.1) is 5.82 Å². The van der Waals surface area contributed by atoms with Crippen LogP contribution < -0.4 is 4.74 Å². The van der Waals surface area contributed by atoms with Crippen molar-refractivity contribution in [3.8, 4) is 11.5 Å². The van der Waals surface area contributed by atoms with Gasteiger partial charge in [0.25, 0.3) is 0 Å². The highest BCUT2D eigenvalue weighted by atomic mass is 35.5. The Morgan fingerprint density at radius 1 is 1.17 bits per heavy atom. The summed E-state index contributed by atoms with van der Waals surface area (Å²) in [5.74, 6) is -0.699. The summed E-state index contributed by atoms with van der Waals surface area (Å²) < 4.78 is 18.1. The Morgan fingerprint density at radius 2 is 1.83 bits per heavy atom. The standard InChI is InChI=1S/C13H8ClFO3/c14-11-7-8(13(16)17)1-6-12(11)18-10-4-2-9(15)3-5-10/h1-7H,(H,16,17). The van der Waals surface area contributed by atoms with E-state index in [0.717, 1.165) is 0 Å². The second-order valence-corrected chi connectivity index (χ2v) is 3.91. The van der Waals surface area contributed by atoms with E-state index in [-0.39, 0.29) is 16.4 Å². The molecule has 2 rings (SSSR count). The Morgan fingerprint density at radius 3 is 2.39 bits per heavy atom. The summed E-state index contributed by atoms with van der Waals surface area (Å²) in [5, 5.41) is 8.96. The molecule has 5 heteroatoms. The molecule has 0 aliphatic heterocycles. The molecule has 2 aromatic rings. The second kappa shape index (κ2) is 5.06. The number of carbonyl (C=O) groups is 1. The Kier molecular flexibility index (Phi) is 3.48. The highest BCUT2D eigenvalue weighted by Gasteiger charge is 2.08. The molecule has 0 fully saturated rings. The number of hydrogen-bond donors (Lipinski definition) is 1. The molecule has 18 heavy (non-hydrogen) atoms. The number of aromatic carboxylic acids is 1. The summed E-state index contributed by atoms with van der Waals surface area (Å²) >= 11 is 5.89. The Labute approximate surface area is 107 Å². The van der Waals surface area contributed by atoms with Gasteiger partial charge in [0, 0.05) is 0 Å².